The van der Waals surface area contributed by atoms with Crippen LogP contribution in [0.1, 0.15) is 94.4 Å². The number of allylic oxidation sites excluding steroid dienone is 4. The molecule has 0 aromatic heterocycles. The van der Waals surface area contributed by atoms with Crippen LogP contribution in [0.2, 0.25) is 0 Å². The Morgan fingerprint density at radius 1 is 1.12 bits per heavy atom. The van der Waals surface area contributed by atoms with Crippen molar-refractivity contribution in [3.05, 3.63) is 76.5 Å². The highest BCUT2D eigenvalue weighted by Crippen LogP contribution is 2.56. The van der Waals surface area contributed by atoms with Crippen molar-refractivity contribution >= 4 is 5.70 Å². The minimum absolute atomic E-state index is 0.288. The molecule has 0 N–H and O–H groups in total. The van der Waals surface area contributed by atoms with E-state index >= 15 is 0 Å². The number of nitrogens with zero attached hydrogens (tertiary/aromatic N) is 2. The van der Waals surface area contributed by atoms with E-state index in [9.17, 15) is 0 Å². The highest BCUT2D eigenvalue weighted by atomic mass is 15.2. The van der Waals surface area contributed by atoms with E-state index in [1.165, 1.54) is 87.0 Å². The van der Waals surface area contributed by atoms with Gasteiger partial charge >= 0.3 is 0 Å². The van der Waals surface area contributed by atoms with Crippen molar-refractivity contribution < 1.29 is 0 Å². The van der Waals surface area contributed by atoms with Gasteiger partial charge < -0.3 is 9.80 Å². The molecule has 2 nitrogen and oxygen atoms in total. The summed E-state index contributed by atoms with van der Waals surface area (Å²) >= 11 is 0. The van der Waals surface area contributed by atoms with Gasteiger partial charge in [0.25, 0.3) is 0 Å². The van der Waals surface area contributed by atoms with E-state index in [0.29, 0.717) is 12.0 Å². The predicted octanol–water partition coefficient (Wildman–Crippen LogP) is 7.63. The molecule has 1 aromatic rings. The molecule has 1 saturated heterocycles. The molecule has 2 heteroatoms. The summed E-state index contributed by atoms with van der Waals surface area (Å²) in [5, 5.41) is 0. The number of benzene rings is 1. The Morgan fingerprint density at radius 2 is 1.88 bits per heavy atom. The van der Waals surface area contributed by atoms with Crippen molar-refractivity contribution in [1.82, 2.24) is 9.80 Å². The predicted molar refractivity (Wildman–Crippen MR) is 146 cm³/mol. The molecule has 0 bridgehead atoms. The fourth-order valence-electron chi connectivity index (χ4n) is 7.17. The van der Waals surface area contributed by atoms with E-state index < -0.39 is 0 Å². The molecule has 5 rings (SSSR count). The fraction of sp³-hybridized carbons (Fsp3) is 0.562. The fourth-order valence-corrected chi connectivity index (χ4v) is 7.17. The standard InChI is InChI=1S/C32H44N2/c1-7-24-19-28-27(20-25(24)12-8-9-15-33-16-10-11-17-33)26-13-14-32(5,6)31(26)34-21-29(22(2)3)23(4)18-30(28)34/h18-21,26,31H,2,4,7-17H2,1,3,5-6H3. The average molecular weight is 457 g/mol. The number of hydrogen-bond acceptors (Lipinski definition) is 2. The quantitative estimate of drug-likeness (QED) is 0.389. The molecular weight excluding hydrogens is 412 g/mol. The summed E-state index contributed by atoms with van der Waals surface area (Å²) in [7, 11) is 0. The van der Waals surface area contributed by atoms with Gasteiger partial charge in [0.2, 0.25) is 0 Å². The summed E-state index contributed by atoms with van der Waals surface area (Å²) in [5.41, 5.74) is 11.3. The molecule has 4 aliphatic rings. The average Bonchev–Trinajstić information content (AvgIpc) is 3.43. The summed E-state index contributed by atoms with van der Waals surface area (Å²) in [6, 6.07) is 5.67. The highest BCUT2D eigenvalue weighted by Gasteiger charge is 2.50. The van der Waals surface area contributed by atoms with Gasteiger partial charge in [0, 0.05) is 29.4 Å². The largest absolute Gasteiger partial charge is 0.343 e. The van der Waals surface area contributed by atoms with E-state index in [0.717, 1.165) is 17.6 Å². The second kappa shape index (κ2) is 9.19. The first-order valence-corrected chi connectivity index (χ1v) is 13.8. The zero-order valence-corrected chi connectivity index (χ0v) is 22.1. The topological polar surface area (TPSA) is 6.48 Å². The van der Waals surface area contributed by atoms with Crippen molar-refractivity contribution in [3.63, 3.8) is 0 Å². The second-order valence-electron chi connectivity index (χ2n) is 11.9. The van der Waals surface area contributed by atoms with Gasteiger partial charge in [0.05, 0.1) is 0 Å². The zero-order valence-electron chi connectivity index (χ0n) is 22.1. The molecule has 2 unspecified atom stereocenters. The van der Waals surface area contributed by atoms with Gasteiger partial charge in [-0.15, -0.1) is 0 Å². The van der Waals surface area contributed by atoms with Crippen LogP contribution in [0.15, 0.2) is 54.3 Å². The lowest BCUT2D eigenvalue weighted by atomic mass is 9.74. The van der Waals surface area contributed by atoms with Crippen LogP contribution in [0.4, 0.5) is 0 Å². The molecular formula is C32H44N2. The number of likely N-dealkylation sites (tertiary alicyclic amines) is 1. The van der Waals surface area contributed by atoms with Crippen LogP contribution in [0.25, 0.3) is 5.70 Å². The Bertz CT molecular complexity index is 1050. The van der Waals surface area contributed by atoms with Gasteiger partial charge in [-0.05, 0) is 129 Å². The Kier molecular flexibility index (Phi) is 6.40. The molecule has 0 spiro atoms. The van der Waals surface area contributed by atoms with Crippen LogP contribution in [0.5, 0.6) is 0 Å². The minimum Gasteiger partial charge on any atom is -0.343 e. The first-order chi connectivity index (χ1) is 16.3. The lowest BCUT2D eigenvalue weighted by molar-refractivity contribution is 0.195. The molecule has 2 atom stereocenters. The number of rotatable bonds is 7. The Labute approximate surface area is 208 Å². The molecule has 1 aliphatic carbocycles. The van der Waals surface area contributed by atoms with E-state index in [4.69, 9.17) is 0 Å². The van der Waals surface area contributed by atoms with Crippen LogP contribution < -0.4 is 0 Å². The lowest BCUT2D eigenvalue weighted by Crippen LogP contribution is -2.45. The van der Waals surface area contributed by atoms with Crippen LogP contribution in [-0.2, 0) is 12.8 Å². The third-order valence-corrected chi connectivity index (χ3v) is 9.04. The monoisotopic (exact) mass is 456 g/mol. The lowest BCUT2D eigenvalue weighted by Gasteiger charge is -2.48. The summed E-state index contributed by atoms with van der Waals surface area (Å²) in [6.07, 6.45) is 15.0. The van der Waals surface area contributed by atoms with Crippen LogP contribution in [0, 0.1) is 5.41 Å². The molecule has 1 aromatic carbocycles. The molecule has 1 saturated carbocycles. The second-order valence-corrected chi connectivity index (χ2v) is 11.9. The van der Waals surface area contributed by atoms with Crippen LogP contribution >= 0.6 is 0 Å². The van der Waals surface area contributed by atoms with Gasteiger partial charge in [-0.3, -0.25) is 0 Å². The maximum Gasteiger partial charge on any atom is 0.0491 e. The molecule has 182 valence electrons. The van der Waals surface area contributed by atoms with E-state index in [1.807, 2.05) is 0 Å². The Morgan fingerprint density at radius 3 is 2.59 bits per heavy atom. The summed E-state index contributed by atoms with van der Waals surface area (Å²) in [6.45, 7) is 21.9. The maximum atomic E-state index is 4.41. The van der Waals surface area contributed by atoms with Crippen LogP contribution in [0.3, 0.4) is 0 Å². The number of aryl methyl sites for hydroxylation is 2. The van der Waals surface area contributed by atoms with Crippen molar-refractivity contribution in [3.8, 4) is 0 Å². The van der Waals surface area contributed by atoms with Crippen molar-refractivity contribution in [2.24, 2.45) is 5.41 Å². The van der Waals surface area contributed by atoms with Gasteiger partial charge in [-0.1, -0.05) is 40.0 Å². The van der Waals surface area contributed by atoms with Crippen molar-refractivity contribution in [1.29, 1.82) is 0 Å². The van der Waals surface area contributed by atoms with Crippen molar-refractivity contribution in [2.75, 3.05) is 19.6 Å². The summed E-state index contributed by atoms with van der Waals surface area (Å²) < 4.78 is 0. The first-order valence-electron chi connectivity index (χ1n) is 13.8. The molecule has 3 heterocycles. The SMILES string of the molecule is C=C(C)C1=CN2C(=CC1=C)c1cc(CC)c(CCCCN3CCCC3)cc1C1CCC(C)(C)C12. The molecule has 0 radical (unpaired) electrons. The highest BCUT2D eigenvalue weighted by molar-refractivity contribution is 5.78. The molecule has 34 heavy (non-hydrogen) atoms. The van der Waals surface area contributed by atoms with E-state index in [2.05, 4.69) is 75.1 Å². The normalized spacial score (nSPS) is 25.5. The maximum absolute atomic E-state index is 4.41. The van der Waals surface area contributed by atoms with Crippen molar-refractivity contribution in [2.45, 2.75) is 91.0 Å². The number of fused-ring (bicyclic) bond motifs is 6. The van der Waals surface area contributed by atoms with E-state index in [1.54, 1.807) is 11.1 Å². The summed E-state index contributed by atoms with van der Waals surface area (Å²) in [5.74, 6) is 0.602. The Hall–Kier alpha value is -2.06. The van der Waals surface area contributed by atoms with Gasteiger partial charge in [0.15, 0.2) is 0 Å². The summed E-state index contributed by atoms with van der Waals surface area (Å²) in [4.78, 5) is 5.26. The molecule has 3 aliphatic heterocycles. The van der Waals surface area contributed by atoms with Gasteiger partial charge in [-0.2, -0.15) is 0 Å². The number of unbranched alkanes of at least 4 members (excludes halogenated alkanes) is 1. The van der Waals surface area contributed by atoms with Gasteiger partial charge in [0.1, 0.15) is 0 Å². The molecule has 2 fully saturated rings. The first kappa shape index (κ1) is 23.7. The minimum atomic E-state index is 0.288. The van der Waals surface area contributed by atoms with E-state index in [-0.39, 0.29) is 5.41 Å². The zero-order chi connectivity index (χ0) is 24.0. The number of hydrogen-bond donors (Lipinski definition) is 0. The Balaban J connectivity index is 1.48. The van der Waals surface area contributed by atoms with Crippen LogP contribution in [-0.4, -0.2) is 35.5 Å². The van der Waals surface area contributed by atoms with Gasteiger partial charge in [-0.25, -0.2) is 0 Å². The third kappa shape index (κ3) is 4.13. The third-order valence-electron chi connectivity index (χ3n) is 9.04. The molecule has 0 amide bonds. The smallest absolute Gasteiger partial charge is 0.0491 e.